The first-order chi connectivity index (χ1) is 11.1. The van der Waals surface area contributed by atoms with Crippen LogP contribution in [0.4, 0.5) is 10.1 Å². The molecule has 0 unspecified atom stereocenters. The predicted octanol–water partition coefficient (Wildman–Crippen LogP) is 3.86. The van der Waals surface area contributed by atoms with E-state index in [-0.39, 0.29) is 27.0 Å². The van der Waals surface area contributed by atoms with E-state index in [2.05, 4.69) is 0 Å². The zero-order valence-corrected chi connectivity index (χ0v) is 14.6. The molecule has 0 aliphatic heterocycles. The Morgan fingerprint density at radius 1 is 1.21 bits per heavy atom. The van der Waals surface area contributed by atoms with Crippen molar-refractivity contribution >= 4 is 38.9 Å². The summed E-state index contributed by atoms with van der Waals surface area (Å²) in [5.41, 5.74) is -0.524. The van der Waals surface area contributed by atoms with Crippen molar-refractivity contribution in [2.24, 2.45) is 0 Å². The molecule has 0 bridgehead atoms. The molecule has 24 heavy (non-hydrogen) atoms. The standard InChI is InChI=1S/C14H11Cl2FN2O4S/c1-18(8-10-11(15)3-2-4-13(10)17)24(22,23)9-5-6-12(16)14(7-9)19(20)21/h2-7H,8H2,1H3. The lowest BCUT2D eigenvalue weighted by Gasteiger charge is -2.18. The highest BCUT2D eigenvalue weighted by Gasteiger charge is 2.26. The SMILES string of the molecule is CN(Cc1c(F)cccc1Cl)S(=O)(=O)c1ccc(Cl)c([N+](=O)[O-])c1. The van der Waals surface area contributed by atoms with Gasteiger partial charge in [-0.2, -0.15) is 4.31 Å². The fraction of sp³-hybridized carbons (Fsp3) is 0.143. The van der Waals surface area contributed by atoms with Gasteiger partial charge in [-0.1, -0.05) is 29.3 Å². The summed E-state index contributed by atoms with van der Waals surface area (Å²) >= 11 is 11.6. The van der Waals surface area contributed by atoms with E-state index >= 15 is 0 Å². The Hall–Kier alpha value is -1.74. The van der Waals surface area contributed by atoms with Crippen molar-refractivity contribution in [3.8, 4) is 0 Å². The van der Waals surface area contributed by atoms with Crippen molar-refractivity contribution < 1.29 is 17.7 Å². The van der Waals surface area contributed by atoms with E-state index in [0.29, 0.717) is 0 Å². The lowest BCUT2D eigenvalue weighted by Crippen LogP contribution is -2.27. The summed E-state index contributed by atoms with van der Waals surface area (Å²) in [6.45, 7) is -0.329. The van der Waals surface area contributed by atoms with Crippen molar-refractivity contribution in [3.05, 3.63) is 67.9 Å². The van der Waals surface area contributed by atoms with E-state index in [1.54, 1.807) is 0 Å². The first kappa shape index (κ1) is 18.6. The summed E-state index contributed by atoms with van der Waals surface area (Å²) in [6, 6.07) is 7.12. The summed E-state index contributed by atoms with van der Waals surface area (Å²) in [5, 5.41) is 10.8. The molecule has 0 aliphatic carbocycles. The number of sulfonamides is 1. The van der Waals surface area contributed by atoms with E-state index < -0.39 is 26.5 Å². The monoisotopic (exact) mass is 392 g/mol. The molecule has 2 aromatic rings. The van der Waals surface area contributed by atoms with Gasteiger partial charge < -0.3 is 0 Å². The van der Waals surface area contributed by atoms with Crippen molar-refractivity contribution in [2.45, 2.75) is 11.4 Å². The van der Waals surface area contributed by atoms with Crippen LogP contribution in [-0.2, 0) is 16.6 Å². The fourth-order valence-corrected chi connectivity index (χ4v) is 3.53. The first-order valence-corrected chi connectivity index (χ1v) is 8.67. The van der Waals surface area contributed by atoms with Gasteiger partial charge in [0.25, 0.3) is 5.69 Å². The molecular weight excluding hydrogens is 382 g/mol. The number of hydrogen-bond acceptors (Lipinski definition) is 4. The predicted molar refractivity (Wildman–Crippen MR) is 88.2 cm³/mol. The summed E-state index contributed by atoms with van der Waals surface area (Å²) in [6.07, 6.45) is 0. The maximum atomic E-state index is 13.8. The van der Waals surface area contributed by atoms with Gasteiger partial charge in [0.15, 0.2) is 0 Å². The van der Waals surface area contributed by atoms with E-state index in [1.807, 2.05) is 0 Å². The summed E-state index contributed by atoms with van der Waals surface area (Å²) in [4.78, 5) is 9.79. The highest BCUT2D eigenvalue weighted by atomic mass is 35.5. The van der Waals surface area contributed by atoms with Crippen LogP contribution in [0, 0.1) is 15.9 Å². The third-order valence-electron chi connectivity index (χ3n) is 3.26. The molecule has 0 spiro atoms. The lowest BCUT2D eigenvalue weighted by atomic mass is 10.2. The Balaban J connectivity index is 2.40. The van der Waals surface area contributed by atoms with Gasteiger partial charge in [-0.3, -0.25) is 10.1 Å². The van der Waals surface area contributed by atoms with Crippen molar-refractivity contribution in [3.63, 3.8) is 0 Å². The molecule has 0 amide bonds. The molecule has 0 atom stereocenters. The molecule has 6 nitrogen and oxygen atoms in total. The van der Waals surface area contributed by atoms with E-state index in [0.717, 1.165) is 28.6 Å². The largest absolute Gasteiger partial charge is 0.289 e. The van der Waals surface area contributed by atoms with Gasteiger partial charge >= 0.3 is 0 Å². The number of nitro benzene ring substituents is 1. The van der Waals surface area contributed by atoms with Gasteiger partial charge in [0.1, 0.15) is 10.8 Å². The van der Waals surface area contributed by atoms with E-state index in [4.69, 9.17) is 23.2 Å². The molecular formula is C14H11Cl2FN2O4S. The number of nitrogens with zero attached hydrogens (tertiary/aromatic N) is 2. The molecule has 10 heteroatoms. The van der Waals surface area contributed by atoms with Crippen LogP contribution in [0.2, 0.25) is 10.0 Å². The number of benzene rings is 2. The fourth-order valence-electron chi connectivity index (χ4n) is 1.96. The third kappa shape index (κ3) is 3.67. The summed E-state index contributed by atoms with van der Waals surface area (Å²) < 4.78 is 39.7. The number of rotatable bonds is 5. The molecule has 0 N–H and O–H groups in total. The van der Waals surface area contributed by atoms with Crippen LogP contribution in [0.25, 0.3) is 0 Å². The van der Waals surface area contributed by atoms with Crippen LogP contribution in [0.15, 0.2) is 41.3 Å². The van der Waals surface area contributed by atoms with Gasteiger partial charge in [0.2, 0.25) is 10.0 Å². The normalized spacial score (nSPS) is 11.7. The molecule has 0 aromatic heterocycles. The molecule has 0 heterocycles. The smallest absolute Gasteiger partial charge is 0.258 e. The van der Waals surface area contributed by atoms with E-state index in [9.17, 15) is 22.9 Å². The van der Waals surface area contributed by atoms with Crippen LogP contribution in [0.5, 0.6) is 0 Å². The highest BCUT2D eigenvalue weighted by molar-refractivity contribution is 7.89. The minimum absolute atomic E-state index is 0.00806. The van der Waals surface area contributed by atoms with Gasteiger partial charge in [0, 0.05) is 30.2 Å². The number of halogens is 3. The molecule has 2 rings (SSSR count). The number of nitro groups is 1. The average molecular weight is 393 g/mol. The molecule has 0 fully saturated rings. The molecule has 0 saturated carbocycles. The Kier molecular flexibility index (Phi) is 5.44. The maximum Gasteiger partial charge on any atom is 0.289 e. The Labute approximate surface area is 147 Å². The first-order valence-electron chi connectivity index (χ1n) is 6.47. The highest BCUT2D eigenvalue weighted by Crippen LogP contribution is 2.29. The number of hydrogen-bond donors (Lipinski definition) is 0. The van der Waals surface area contributed by atoms with Gasteiger partial charge in [-0.05, 0) is 24.3 Å². The molecule has 0 radical (unpaired) electrons. The minimum atomic E-state index is -4.10. The topological polar surface area (TPSA) is 80.5 Å². The second kappa shape index (κ2) is 7.02. The second-order valence-electron chi connectivity index (χ2n) is 4.83. The van der Waals surface area contributed by atoms with E-state index in [1.165, 1.54) is 19.2 Å². The van der Waals surface area contributed by atoms with Crippen LogP contribution in [0.3, 0.4) is 0 Å². The van der Waals surface area contributed by atoms with Gasteiger partial charge in [-0.25, -0.2) is 12.8 Å². The van der Waals surface area contributed by atoms with Gasteiger partial charge in [0.05, 0.1) is 9.82 Å². The average Bonchev–Trinajstić information content (AvgIpc) is 2.50. The zero-order valence-electron chi connectivity index (χ0n) is 12.2. The van der Waals surface area contributed by atoms with Crippen LogP contribution in [-0.4, -0.2) is 24.7 Å². The van der Waals surface area contributed by atoms with Crippen LogP contribution >= 0.6 is 23.2 Å². The van der Waals surface area contributed by atoms with Crippen molar-refractivity contribution in [1.82, 2.24) is 4.31 Å². The summed E-state index contributed by atoms with van der Waals surface area (Å²) in [5.74, 6) is -0.647. The molecule has 2 aromatic carbocycles. The van der Waals surface area contributed by atoms with Crippen LogP contribution < -0.4 is 0 Å². The summed E-state index contributed by atoms with van der Waals surface area (Å²) in [7, 11) is -2.88. The van der Waals surface area contributed by atoms with Gasteiger partial charge in [-0.15, -0.1) is 0 Å². The molecule has 0 aliphatic rings. The Morgan fingerprint density at radius 3 is 2.46 bits per heavy atom. The molecule has 128 valence electrons. The van der Waals surface area contributed by atoms with Crippen molar-refractivity contribution in [2.75, 3.05) is 7.05 Å². The third-order valence-corrected chi connectivity index (χ3v) is 5.74. The second-order valence-corrected chi connectivity index (χ2v) is 7.69. The maximum absolute atomic E-state index is 13.8. The van der Waals surface area contributed by atoms with Crippen LogP contribution in [0.1, 0.15) is 5.56 Å². The Bertz CT molecular complexity index is 885. The van der Waals surface area contributed by atoms with Crippen molar-refractivity contribution in [1.29, 1.82) is 0 Å². The zero-order chi connectivity index (χ0) is 18.1. The minimum Gasteiger partial charge on any atom is -0.258 e. The lowest BCUT2D eigenvalue weighted by molar-refractivity contribution is -0.384. The molecule has 0 saturated heterocycles. The quantitative estimate of drug-likeness (QED) is 0.571. The Morgan fingerprint density at radius 2 is 1.88 bits per heavy atom.